The molecule has 0 bridgehead atoms. The molecule has 0 aliphatic carbocycles. The summed E-state index contributed by atoms with van der Waals surface area (Å²) in [7, 11) is -3.19. The summed E-state index contributed by atoms with van der Waals surface area (Å²) in [6, 6.07) is 3.77. The number of nitrogens with one attached hydrogen (secondary N) is 1. The molecule has 82 valence electrons. The maximum Gasteiger partial charge on any atom is 0.279 e. The van der Waals surface area contributed by atoms with Gasteiger partial charge in [0, 0.05) is 32.0 Å². The molecule has 2 heterocycles. The standard InChI is InChI=1S/C9H13N3O2S/c13-15(14,12-6-7-12)11-5-3-9-2-1-4-10-8-9/h1-2,4,8,11H,3,5-7H2. The van der Waals surface area contributed by atoms with Crippen molar-refractivity contribution in [2.45, 2.75) is 6.42 Å². The van der Waals surface area contributed by atoms with Crippen LogP contribution in [0, 0.1) is 0 Å². The van der Waals surface area contributed by atoms with E-state index >= 15 is 0 Å². The van der Waals surface area contributed by atoms with Gasteiger partial charge in [-0.25, -0.2) is 4.72 Å². The van der Waals surface area contributed by atoms with Gasteiger partial charge in [-0.1, -0.05) is 6.07 Å². The summed E-state index contributed by atoms with van der Waals surface area (Å²) in [5.74, 6) is 0. The highest BCUT2D eigenvalue weighted by Crippen LogP contribution is 2.09. The van der Waals surface area contributed by atoms with Crippen LogP contribution in [0.15, 0.2) is 24.5 Å². The summed E-state index contributed by atoms with van der Waals surface area (Å²) in [6.45, 7) is 1.70. The van der Waals surface area contributed by atoms with E-state index in [0.717, 1.165) is 5.56 Å². The van der Waals surface area contributed by atoms with Crippen LogP contribution < -0.4 is 4.72 Å². The molecular weight excluding hydrogens is 214 g/mol. The van der Waals surface area contributed by atoms with Gasteiger partial charge in [0.25, 0.3) is 10.2 Å². The molecule has 1 aromatic rings. The van der Waals surface area contributed by atoms with E-state index in [0.29, 0.717) is 26.1 Å². The lowest BCUT2D eigenvalue weighted by atomic mass is 10.2. The molecule has 0 radical (unpaired) electrons. The van der Waals surface area contributed by atoms with E-state index in [2.05, 4.69) is 9.71 Å². The van der Waals surface area contributed by atoms with Crippen molar-refractivity contribution in [3.8, 4) is 0 Å². The quantitative estimate of drug-likeness (QED) is 0.707. The molecule has 1 N–H and O–H groups in total. The monoisotopic (exact) mass is 227 g/mol. The Morgan fingerprint density at radius 2 is 2.27 bits per heavy atom. The van der Waals surface area contributed by atoms with E-state index in [1.54, 1.807) is 12.4 Å². The van der Waals surface area contributed by atoms with E-state index in [1.165, 1.54) is 4.31 Å². The van der Waals surface area contributed by atoms with Crippen molar-refractivity contribution >= 4 is 10.2 Å². The van der Waals surface area contributed by atoms with Gasteiger partial charge in [-0.2, -0.15) is 12.7 Å². The SMILES string of the molecule is O=S(=O)(NCCc1cccnc1)N1CC1. The molecule has 1 fully saturated rings. The summed E-state index contributed by atoms with van der Waals surface area (Å²) in [4.78, 5) is 3.96. The zero-order chi connectivity index (χ0) is 10.7. The fraction of sp³-hybridized carbons (Fsp3) is 0.444. The van der Waals surface area contributed by atoms with Gasteiger partial charge in [0.05, 0.1) is 0 Å². The molecule has 1 saturated heterocycles. The van der Waals surface area contributed by atoms with Crippen molar-refractivity contribution in [1.29, 1.82) is 0 Å². The first-order valence-corrected chi connectivity index (χ1v) is 6.26. The maximum atomic E-state index is 11.4. The fourth-order valence-corrected chi connectivity index (χ4v) is 2.35. The highest BCUT2D eigenvalue weighted by Gasteiger charge is 2.30. The van der Waals surface area contributed by atoms with Gasteiger partial charge in [-0.05, 0) is 18.1 Å². The minimum absolute atomic E-state index is 0.421. The van der Waals surface area contributed by atoms with Crippen LogP contribution in [0.2, 0.25) is 0 Å². The molecule has 15 heavy (non-hydrogen) atoms. The molecule has 0 aromatic carbocycles. The first-order valence-electron chi connectivity index (χ1n) is 4.82. The summed E-state index contributed by atoms with van der Waals surface area (Å²) in [5, 5.41) is 0. The Labute approximate surface area is 89.3 Å². The average molecular weight is 227 g/mol. The first kappa shape index (κ1) is 10.5. The maximum absolute atomic E-state index is 11.4. The van der Waals surface area contributed by atoms with E-state index in [9.17, 15) is 8.42 Å². The Morgan fingerprint density at radius 1 is 1.47 bits per heavy atom. The molecule has 1 aliphatic rings. The smallest absolute Gasteiger partial charge is 0.264 e. The van der Waals surface area contributed by atoms with E-state index in [-0.39, 0.29) is 0 Å². The predicted octanol–water partition coefficient (Wildman–Crippen LogP) is -0.226. The van der Waals surface area contributed by atoms with Gasteiger partial charge in [-0.3, -0.25) is 4.98 Å². The van der Waals surface area contributed by atoms with Crippen molar-refractivity contribution < 1.29 is 8.42 Å². The van der Waals surface area contributed by atoms with Crippen LogP contribution in [0.5, 0.6) is 0 Å². The Balaban J connectivity index is 1.80. The highest BCUT2D eigenvalue weighted by atomic mass is 32.2. The Morgan fingerprint density at radius 3 is 2.87 bits per heavy atom. The van der Waals surface area contributed by atoms with Crippen molar-refractivity contribution in [3.63, 3.8) is 0 Å². The van der Waals surface area contributed by atoms with E-state index in [1.807, 2.05) is 12.1 Å². The topological polar surface area (TPSA) is 62.1 Å². The van der Waals surface area contributed by atoms with Gasteiger partial charge < -0.3 is 0 Å². The molecule has 0 saturated carbocycles. The average Bonchev–Trinajstić information content (AvgIpc) is 3.02. The summed E-state index contributed by atoms with van der Waals surface area (Å²) in [5.41, 5.74) is 1.03. The third kappa shape index (κ3) is 2.98. The first-order chi connectivity index (χ1) is 7.18. The molecule has 0 amide bonds. The van der Waals surface area contributed by atoms with Crippen molar-refractivity contribution in [1.82, 2.24) is 14.0 Å². The van der Waals surface area contributed by atoms with Crippen molar-refractivity contribution in [3.05, 3.63) is 30.1 Å². The molecule has 5 nitrogen and oxygen atoms in total. The third-order valence-electron chi connectivity index (χ3n) is 2.17. The van der Waals surface area contributed by atoms with Crippen LogP contribution >= 0.6 is 0 Å². The van der Waals surface area contributed by atoms with Crippen LogP contribution in [0.1, 0.15) is 5.56 Å². The number of hydrogen-bond donors (Lipinski definition) is 1. The number of pyridine rings is 1. The Kier molecular flexibility index (Phi) is 2.99. The number of rotatable bonds is 5. The van der Waals surface area contributed by atoms with Crippen LogP contribution in [0.3, 0.4) is 0 Å². The molecule has 2 rings (SSSR count). The van der Waals surface area contributed by atoms with E-state index < -0.39 is 10.2 Å². The van der Waals surface area contributed by atoms with Crippen LogP contribution in [-0.2, 0) is 16.6 Å². The van der Waals surface area contributed by atoms with Crippen LogP contribution in [-0.4, -0.2) is 37.3 Å². The minimum Gasteiger partial charge on any atom is -0.264 e. The molecule has 1 aromatic heterocycles. The summed E-state index contributed by atoms with van der Waals surface area (Å²) in [6.07, 6.45) is 4.11. The number of hydrogen-bond acceptors (Lipinski definition) is 3. The summed E-state index contributed by atoms with van der Waals surface area (Å²) < 4.78 is 26.7. The Hall–Kier alpha value is -0.980. The third-order valence-corrected chi connectivity index (χ3v) is 3.78. The normalized spacial score (nSPS) is 16.5. The number of nitrogens with zero attached hydrogens (tertiary/aromatic N) is 2. The molecular formula is C9H13N3O2S. The second kappa shape index (κ2) is 4.26. The van der Waals surface area contributed by atoms with Crippen LogP contribution in [0.25, 0.3) is 0 Å². The molecule has 0 atom stereocenters. The van der Waals surface area contributed by atoms with Gasteiger partial charge in [0.1, 0.15) is 0 Å². The number of aromatic nitrogens is 1. The highest BCUT2D eigenvalue weighted by molar-refractivity contribution is 7.87. The molecule has 0 spiro atoms. The van der Waals surface area contributed by atoms with Crippen LogP contribution in [0.4, 0.5) is 0 Å². The van der Waals surface area contributed by atoms with Gasteiger partial charge in [-0.15, -0.1) is 0 Å². The zero-order valence-corrected chi connectivity index (χ0v) is 9.07. The van der Waals surface area contributed by atoms with Gasteiger partial charge in [0.15, 0.2) is 0 Å². The summed E-state index contributed by atoms with van der Waals surface area (Å²) >= 11 is 0. The lowest BCUT2D eigenvalue weighted by Gasteiger charge is -2.05. The molecule has 1 aliphatic heterocycles. The lowest BCUT2D eigenvalue weighted by molar-refractivity contribution is 0.547. The zero-order valence-electron chi connectivity index (χ0n) is 8.26. The molecule has 6 heteroatoms. The van der Waals surface area contributed by atoms with Gasteiger partial charge in [0.2, 0.25) is 0 Å². The van der Waals surface area contributed by atoms with E-state index in [4.69, 9.17) is 0 Å². The fourth-order valence-electron chi connectivity index (χ4n) is 1.24. The second-order valence-electron chi connectivity index (χ2n) is 3.41. The molecule has 0 unspecified atom stereocenters. The van der Waals surface area contributed by atoms with Gasteiger partial charge >= 0.3 is 0 Å². The largest absolute Gasteiger partial charge is 0.279 e. The predicted molar refractivity (Wildman–Crippen MR) is 56.4 cm³/mol. The van der Waals surface area contributed by atoms with Crippen molar-refractivity contribution in [2.75, 3.05) is 19.6 Å². The van der Waals surface area contributed by atoms with Crippen molar-refractivity contribution in [2.24, 2.45) is 0 Å². The Bertz CT molecular complexity index is 414. The lowest BCUT2D eigenvalue weighted by Crippen LogP contribution is -2.31. The minimum atomic E-state index is -3.19. The second-order valence-corrected chi connectivity index (χ2v) is 5.16.